The molecule has 0 aromatic rings. The van der Waals surface area contributed by atoms with Crippen LogP contribution in [-0.4, -0.2) is 12.6 Å². The van der Waals surface area contributed by atoms with Crippen molar-refractivity contribution in [3.63, 3.8) is 0 Å². The van der Waals surface area contributed by atoms with Gasteiger partial charge in [0.2, 0.25) is 0 Å². The highest BCUT2D eigenvalue weighted by atomic mass is 16.5. The second-order valence-corrected chi connectivity index (χ2v) is 4.68. The molecule has 1 atom stereocenters. The Kier molecular flexibility index (Phi) is 5.82. The van der Waals surface area contributed by atoms with Crippen LogP contribution in [-0.2, 0) is 9.53 Å². The summed E-state index contributed by atoms with van der Waals surface area (Å²) in [6.45, 7) is 10.8. The first-order chi connectivity index (χ1) is 6.44. The minimum absolute atomic E-state index is 0.0664. The number of esters is 1. The van der Waals surface area contributed by atoms with Gasteiger partial charge < -0.3 is 4.74 Å². The lowest BCUT2D eigenvalue weighted by atomic mass is 9.91. The molecule has 14 heavy (non-hydrogen) atoms. The fourth-order valence-electron chi connectivity index (χ4n) is 0.897. The van der Waals surface area contributed by atoms with E-state index < -0.39 is 0 Å². The van der Waals surface area contributed by atoms with Crippen LogP contribution in [0.3, 0.4) is 0 Å². The molecule has 0 aliphatic rings. The second kappa shape index (κ2) is 6.05. The topological polar surface area (TPSA) is 26.3 Å². The molecule has 0 aromatic heterocycles. The first kappa shape index (κ1) is 13.5. The number of carbonyl (C=O) groups excluding carboxylic acids is 1. The van der Waals surface area contributed by atoms with E-state index in [4.69, 9.17) is 4.74 Å². The molecule has 84 valence electrons. The van der Waals surface area contributed by atoms with Crippen LogP contribution in [0.25, 0.3) is 0 Å². The maximum atomic E-state index is 11.5. The van der Waals surface area contributed by atoms with E-state index >= 15 is 0 Å². The summed E-state index contributed by atoms with van der Waals surface area (Å²) in [6, 6.07) is 0. The molecule has 0 radical (unpaired) electrons. The van der Waals surface area contributed by atoms with Crippen LogP contribution in [0.2, 0.25) is 0 Å². The molecular formula is C12H24O2. The molecule has 0 aliphatic carbocycles. The molecule has 0 aliphatic heterocycles. The highest BCUT2D eigenvalue weighted by Crippen LogP contribution is 2.21. The average Bonchev–Trinajstić information content (AvgIpc) is 2.17. The number of rotatable bonds is 6. The van der Waals surface area contributed by atoms with Gasteiger partial charge in [0.15, 0.2) is 0 Å². The normalized spacial score (nSPS) is 13.8. The molecule has 0 N–H and O–H groups in total. The highest BCUT2D eigenvalue weighted by Gasteiger charge is 2.26. The van der Waals surface area contributed by atoms with Gasteiger partial charge in [-0.15, -0.1) is 0 Å². The minimum atomic E-state index is -0.324. The van der Waals surface area contributed by atoms with Gasteiger partial charge >= 0.3 is 5.97 Å². The smallest absolute Gasteiger partial charge is 0.311 e. The van der Waals surface area contributed by atoms with E-state index in [1.54, 1.807) is 0 Å². The molecule has 0 bridgehead atoms. The van der Waals surface area contributed by atoms with Crippen molar-refractivity contribution in [2.24, 2.45) is 11.3 Å². The third-order valence-electron chi connectivity index (χ3n) is 2.98. The third-order valence-corrected chi connectivity index (χ3v) is 2.98. The Morgan fingerprint density at radius 1 is 1.36 bits per heavy atom. The minimum Gasteiger partial charge on any atom is -0.465 e. The van der Waals surface area contributed by atoms with Crippen molar-refractivity contribution in [3.05, 3.63) is 0 Å². The van der Waals surface area contributed by atoms with E-state index in [1.165, 1.54) is 0 Å². The zero-order valence-corrected chi connectivity index (χ0v) is 10.2. The Balaban J connectivity index is 3.75. The van der Waals surface area contributed by atoms with Gasteiger partial charge in [0.05, 0.1) is 12.0 Å². The van der Waals surface area contributed by atoms with Gasteiger partial charge in [-0.05, 0) is 32.6 Å². The van der Waals surface area contributed by atoms with E-state index in [-0.39, 0.29) is 11.4 Å². The van der Waals surface area contributed by atoms with Crippen LogP contribution in [0, 0.1) is 11.3 Å². The predicted octanol–water partition coefficient (Wildman–Crippen LogP) is 3.40. The van der Waals surface area contributed by atoms with Crippen LogP contribution in [0.1, 0.15) is 53.9 Å². The van der Waals surface area contributed by atoms with Gasteiger partial charge in [0.1, 0.15) is 0 Å². The third kappa shape index (κ3) is 4.64. The van der Waals surface area contributed by atoms with Crippen LogP contribution >= 0.6 is 0 Å². The summed E-state index contributed by atoms with van der Waals surface area (Å²) in [7, 11) is 0. The average molecular weight is 200 g/mol. The largest absolute Gasteiger partial charge is 0.465 e. The number of hydrogen-bond donors (Lipinski definition) is 0. The van der Waals surface area contributed by atoms with E-state index in [0.717, 1.165) is 19.3 Å². The Bertz CT molecular complexity index is 173. The van der Waals surface area contributed by atoms with E-state index in [1.807, 2.05) is 20.8 Å². The van der Waals surface area contributed by atoms with Gasteiger partial charge in [-0.1, -0.05) is 27.2 Å². The summed E-state index contributed by atoms with van der Waals surface area (Å²) in [5.74, 6) is 0.579. The Labute approximate surface area is 88.0 Å². The summed E-state index contributed by atoms with van der Waals surface area (Å²) < 4.78 is 5.23. The van der Waals surface area contributed by atoms with Crippen LogP contribution < -0.4 is 0 Å². The zero-order valence-electron chi connectivity index (χ0n) is 10.2. The van der Waals surface area contributed by atoms with Gasteiger partial charge in [-0.25, -0.2) is 0 Å². The lowest BCUT2D eigenvalue weighted by molar-refractivity contribution is -0.154. The molecule has 2 heteroatoms. The van der Waals surface area contributed by atoms with Crippen molar-refractivity contribution < 1.29 is 9.53 Å². The Morgan fingerprint density at radius 3 is 2.36 bits per heavy atom. The monoisotopic (exact) mass is 200 g/mol. The van der Waals surface area contributed by atoms with Gasteiger partial charge in [0, 0.05) is 0 Å². The Hall–Kier alpha value is -0.530. The second-order valence-electron chi connectivity index (χ2n) is 4.68. The number of carbonyl (C=O) groups is 1. The molecule has 0 fully saturated rings. The molecule has 0 rings (SSSR count). The quantitative estimate of drug-likeness (QED) is 0.614. The summed E-state index contributed by atoms with van der Waals surface area (Å²) in [5, 5.41) is 0. The highest BCUT2D eigenvalue weighted by molar-refractivity contribution is 5.75. The summed E-state index contributed by atoms with van der Waals surface area (Å²) in [4.78, 5) is 11.5. The van der Waals surface area contributed by atoms with Crippen molar-refractivity contribution in [2.45, 2.75) is 53.9 Å². The van der Waals surface area contributed by atoms with Crippen molar-refractivity contribution in [1.29, 1.82) is 0 Å². The van der Waals surface area contributed by atoms with Gasteiger partial charge in [-0.2, -0.15) is 0 Å². The van der Waals surface area contributed by atoms with Gasteiger partial charge in [-0.3, -0.25) is 4.79 Å². The summed E-state index contributed by atoms with van der Waals surface area (Å²) >= 11 is 0. The molecule has 0 amide bonds. The van der Waals surface area contributed by atoms with Crippen LogP contribution in [0.4, 0.5) is 0 Å². The molecular weight excluding hydrogens is 176 g/mol. The Morgan fingerprint density at radius 2 is 1.93 bits per heavy atom. The van der Waals surface area contributed by atoms with E-state index in [9.17, 15) is 4.79 Å². The zero-order chi connectivity index (χ0) is 11.2. The predicted molar refractivity (Wildman–Crippen MR) is 59.1 cm³/mol. The molecule has 1 unspecified atom stereocenters. The number of hydrogen-bond acceptors (Lipinski definition) is 2. The van der Waals surface area contributed by atoms with Crippen LogP contribution in [0.5, 0.6) is 0 Å². The van der Waals surface area contributed by atoms with Crippen LogP contribution in [0.15, 0.2) is 0 Å². The van der Waals surface area contributed by atoms with E-state index in [0.29, 0.717) is 12.5 Å². The summed E-state index contributed by atoms with van der Waals surface area (Å²) in [5.41, 5.74) is -0.324. The molecule has 0 saturated carbocycles. The lowest BCUT2D eigenvalue weighted by Crippen LogP contribution is -2.26. The van der Waals surface area contributed by atoms with Gasteiger partial charge in [0.25, 0.3) is 0 Å². The standard InChI is InChI=1S/C12H24O2/c1-6-10(3)8-9-14-11(13)12(4,5)7-2/h10H,6-9H2,1-5H3. The van der Waals surface area contributed by atoms with Crippen molar-refractivity contribution in [1.82, 2.24) is 0 Å². The first-order valence-electron chi connectivity index (χ1n) is 5.61. The van der Waals surface area contributed by atoms with E-state index in [2.05, 4.69) is 13.8 Å². The fraction of sp³-hybridized carbons (Fsp3) is 0.917. The van der Waals surface area contributed by atoms with Crippen molar-refractivity contribution in [3.8, 4) is 0 Å². The van der Waals surface area contributed by atoms with Crippen molar-refractivity contribution >= 4 is 5.97 Å². The maximum Gasteiger partial charge on any atom is 0.311 e. The molecule has 0 aromatic carbocycles. The number of ether oxygens (including phenoxy) is 1. The molecule has 0 spiro atoms. The molecule has 0 heterocycles. The lowest BCUT2D eigenvalue weighted by Gasteiger charge is -2.20. The first-order valence-corrected chi connectivity index (χ1v) is 5.61. The molecule has 0 saturated heterocycles. The summed E-state index contributed by atoms with van der Waals surface area (Å²) in [6.07, 6.45) is 2.95. The molecule has 2 nitrogen and oxygen atoms in total. The maximum absolute atomic E-state index is 11.5. The van der Waals surface area contributed by atoms with Crippen molar-refractivity contribution in [2.75, 3.05) is 6.61 Å². The fourth-order valence-corrected chi connectivity index (χ4v) is 0.897. The SMILES string of the molecule is CCC(C)CCOC(=O)C(C)(C)CC.